The maximum absolute atomic E-state index is 11.3. The monoisotopic (exact) mass is 274 g/mol. The van der Waals surface area contributed by atoms with Crippen LogP contribution in [0.4, 0.5) is 0 Å². The number of nitrogens with zero attached hydrogens (tertiary/aromatic N) is 2. The molecule has 1 fully saturated rings. The Morgan fingerprint density at radius 1 is 1.53 bits per heavy atom. The molecule has 1 N–H and O–H groups in total. The van der Waals surface area contributed by atoms with Crippen LogP contribution in [0.5, 0.6) is 0 Å². The minimum atomic E-state index is -0.863. The lowest BCUT2D eigenvalue weighted by Crippen LogP contribution is -1.97. The summed E-state index contributed by atoms with van der Waals surface area (Å²) in [5.41, 5.74) is 2.89. The molecular formula is C14H14N2O2S. The Morgan fingerprint density at radius 2 is 2.32 bits per heavy atom. The molecule has 4 nitrogen and oxygen atoms in total. The Kier molecular flexibility index (Phi) is 3.06. The fraction of sp³-hybridized carbons (Fsp3) is 0.357. The number of thiazole rings is 1. The fourth-order valence-corrected chi connectivity index (χ4v) is 3.20. The molecule has 2 aromatic rings. The first kappa shape index (κ1) is 12.3. The molecule has 0 unspecified atom stereocenters. The van der Waals surface area contributed by atoms with E-state index in [0.717, 1.165) is 41.1 Å². The number of pyridine rings is 1. The quantitative estimate of drug-likeness (QED) is 0.928. The van der Waals surface area contributed by atoms with Gasteiger partial charge in [-0.2, -0.15) is 0 Å². The summed E-state index contributed by atoms with van der Waals surface area (Å²) in [4.78, 5) is 20.4. The lowest BCUT2D eigenvalue weighted by Gasteiger charge is -2.02. The van der Waals surface area contributed by atoms with Gasteiger partial charge in [0.1, 0.15) is 9.88 Å². The Morgan fingerprint density at radius 3 is 2.95 bits per heavy atom. The number of carbonyl (C=O) groups is 1. The van der Waals surface area contributed by atoms with Crippen molar-refractivity contribution >= 4 is 17.3 Å². The molecule has 0 radical (unpaired) electrons. The van der Waals surface area contributed by atoms with Gasteiger partial charge in [-0.3, -0.25) is 4.98 Å². The van der Waals surface area contributed by atoms with Crippen molar-refractivity contribution in [2.75, 3.05) is 0 Å². The molecule has 2 heterocycles. The van der Waals surface area contributed by atoms with Gasteiger partial charge in [0.25, 0.3) is 0 Å². The fourth-order valence-electron chi connectivity index (χ4n) is 2.15. The molecule has 1 saturated carbocycles. The van der Waals surface area contributed by atoms with Gasteiger partial charge in [0.05, 0.1) is 5.69 Å². The van der Waals surface area contributed by atoms with Gasteiger partial charge in [-0.15, -0.1) is 11.3 Å². The smallest absolute Gasteiger partial charge is 0.347 e. The number of aromatic nitrogens is 2. The SMILES string of the molecule is CCc1cnccc1-c1nc(C2CC2)c(C(=O)O)s1. The van der Waals surface area contributed by atoms with Gasteiger partial charge < -0.3 is 5.11 Å². The third-order valence-electron chi connectivity index (χ3n) is 3.33. The number of aromatic carboxylic acids is 1. The van der Waals surface area contributed by atoms with Crippen LogP contribution in [0.3, 0.4) is 0 Å². The van der Waals surface area contributed by atoms with Crippen molar-refractivity contribution in [1.29, 1.82) is 0 Å². The highest BCUT2D eigenvalue weighted by Gasteiger charge is 2.32. The third kappa shape index (κ3) is 2.26. The van der Waals surface area contributed by atoms with Crippen LogP contribution < -0.4 is 0 Å². The van der Waals surface area contributed by atoms with Crippen molar-refractivity contribution in [2.45, 2.75) is 32.1 Å². The zero-order valence-corrected chi connectivity index (χ0v) is 11.4. The summed E-state index contributed by atoms with van der Waals surface area (Å²) in [6, 6.07) is 1.92. The maximum Gasteiger partial charge on any atom is 0.347 e. The number of carboxylic acids is 1. The summed E-state index contributed by atoms with van der Waals surface area (Å²) in [5, 5.41) is 10.1. The van der Waals surface area contributed by atoms with E-state index in [9.17, 15) is 9.90 Å². The molecule has 3 rings (SSSR count). The Hall–Kier alpha value is -1.75. The number of carboxylic acid groups (broad SMARTS) is 1. The largest absolute Gasteiger partial charge is 0.477 e. The summed E-state index contributed by atoms with van der Waals surface area (Å²) >= 11 is 1.28. The molecule has 0 atom stereocenters. The lowest BCUT2D eigenvalue weighted by atomic mass is 10.1. The molecule has 0 aromatic carbocycles. The van der Waals surface area contributed by atoms with Crippen LogP contribution in [0.2, 0.25) is 0 Å². The lowest BCUT2D eigenvalue weighted by molar-refractivity contribution is 0.0700. The van der Waals surface area contributed by atoms with Gasteiger partial charge in [0, 0.05) is 23.9 Å². The van der Waals surface area contributed by atoms with Gasteiger partial charge in [-0.1, -0.05) is 6.92 Å². The summed E-state index contributed by atoms with van der Waals surface area (Å²) in [6.45, 7) is 2.06. The van der Waals surface area contributed by atoms with Crippen LogP contribution in [0.15, 0.2) is 18.5 Å². The highest BCUT2D eigenvalue weighted by Crippen LogP contribution is 2.44. The molecule has 1 aliphatic carbocycles. The van der Waals surface area contributed by atoms with E-state index in [1.165, 1.54) is 11.3 Å². The normalized spacial score (nSPS) is 14.6. The average molecular weight is 274 g/mol. The summed E-state index contributed by atoms with van der Waals surface area (Å²) in [6.07, 6.45) is 6.53. The molecule has 0 bridgehead atoms. The van der Waals surface area contributed by atoms with Gasteiger partial charge in [-0.05, 0) is 30.9 Å². The highest BCUT2D eigenvalue weighted by atomic mass is 32.1. The molecule has 1 aliphatic rings. The topological polar surface area (TPSA) is 63.1 Å². The number of aryl methyl sites for hydroxylation is 1. The van der Waals surface area contributed by atoms with Gasteiger partial charge in [0.15, 0.2) is 0 Å². The van der Waals surface area contributed by atoms with Gasteiger partial charge >= 0.3 is 5.97 Å². The van der Waals surface area contributed by atoms with E-state index in [1.54, 1.807) is 6.20 Å². The molecular weight excluding hydrogens is 260 g/mol. The van der Waals surface area contributed by atoms with E-state index >= 15 is 0 Å². The predicted octanol–water partition coefficient (Wildman–Crippen LogP) is 3.34. The van der Waals surface area contributed by atoms with E-state index < -0.39 is 5.97 Å². The molecule has 98 valence electrons. The average Bonchev–Trinajstić information content (AvgIpc) is 3.17. The Bertz CT molecular complexity index is 632. The third-order valence-corrected chi connectivity index (χ3v) is 4.42. The van der Waals surface area contributed by atoms with E-state index in [0.29, 0.717) is 10.8 Å². The van der Waals surface area contributed by atoms with Crippen LogP contribution in [0, 0.1) is 0 Å². The zero-order chi connectivity index (χ0) is 13.4. The summed E-state index contributed by atoms with van der Waals surface area (Å²) in [7, 11) is 0. The minimum Gasteiger partial charge on any atom is -0.477 e. The standard InChI is InChI=1S/C14H14N2O2S/c1-2-8-7-15-6-5-10(8)13-16-11(9-3-4-9)12(19-13)14(17)18/h5-7,9H,2-4H2,1H3,(H,17,18). The molecule has 0 saturated heterocycles. The van der Waals surface area contributed by atoms with Crippen LogP contribution >= 0.6 is 11.3 Å². The number of hydrogen-bond donors (Lipinski definition) is 1. The minimum absolute atomic E-state index is 0.350. The molecule has 5 heteroatoms. The number of hydrogen-bond acceptors (Lipinski definition) is 4. The van der Waals surface area contributed by atoms with E-state index in [1.807, 2.05) is 12.3 Å². The van der Waals surface area contributed by atoms with E-state index in [2.05, 4.69) is 16.9 Å². The first-order valence-corrected chi connectivity index (χ1v) is 7.19. The second-order valence-electron chi connectivity index (χ2n) is 4.70. The van der Waals surface area contributed by atoms with Crippen LogP contribution in [0.25, 0.3) is 10.6 Å². The molecule has 0 aliphatic heterocycles. The van der Waals surface area contributed by atoms with Crippen molar-refractivity contribution in [2.24, 2.45) is 0 Å². The van der Waals surface area contributed by atoms with E-state index in [-0.39, 0.29) is 0 Å². The van der Waals surface area contributed by atoms with Crippen molar-refractivity contribution in [1.82, 2.24) is 9.97 Å². The van der Waals surface area contributed by atoms with Crippen molar-refractivity contribution < 1.29 is 9.90 Å². The first-order chi connectivity index (χ1) is 9.20. The molecule has 2 aromatic heterocycles. The predicted molar refractivity (Wildman–Crippen MR) is 73.7 cm³/mol. The molecule has 0 spiro atoms. The van der Waals surface area contributed by atoms with Crippen molar-refractivity contribution in [3.8, 4) is 10.6 Å². The second-order valence-corrected chi connectivity index (χ2v) is 5.70. The molecule has 19 heavy (non-hydrogen) atoms. The highest BCUT2D eigenvalue weighted by molar-refractivity contribution is 7.17. The first-order valence-electron chi connectivity index (χ1n) is 6.38. The maximum atomic E-state index is 11.3. The van der Waals surface area contributed by atoms with E-state index in [4.69, 9.17) is 0 Å². The van der Waals surface area contributed by atoms with Crippen LogP contribution in [-0.4, -0.2) is 21.0 Å². The summed E-state index contributed by atoms with van der Waals surface area (Å²) in [5.74, 6) is -0.513. The van der Waals surface area contributed by atoms with Crippen LogP contribution in [0.1, 0.15) is 46.6 Å². The van der Waals surface area contributed by atoms with Crippen molar-refractivity contribution in [3.63, 3.8) is 0 Å². The second kappa shape index (κ2) is 4.74. The Labute approximate surface area is 115 Å². The Balaban J connectivity index is 2.10. The summed E-state index contributed by atoms with van der Waals surface area (Å²) < 4.78 is 0. The van der Waals surface area contributed by atoms with Crippen LogP contribution in [-0.2, 0) is 6.42 Å². The van der Waals surface area contributed by atoms with Crippen molar-refractivity contribution in [3.05, 3.63) is 34.6 Å². The van der Waals surface area contributed by atoms with Gasteiger partial charge in [0.2, 0.25) is 0 Å². The van der Waals surface area contributed by atoms with Gasteiger partial charge in [-0.25, -0.2) is 9.78 Å². The molecule has 0 amide bonds. The zero-order valence-electron chi connectivity index (χ0n) is 10.6. The number of rotatable bonds is 4.